The van der Waals surface area contributed by atoms with Gasteiger partial charge in [-0.3, -0.25) is 9.36 Å². The summed E-state index contributed by atoms with van der Waals surface area (Å²) in [6, 6.07) is 3.71. The highest BCUT2D eigenvalue weighted by molar-refractivity contribution is 7.99. The number of carboxylic acids is 1. The molecule has 0 aliphatic rings. The van der Waals surface area contributed by atoms with E-state index < -0.39 is 5.97 Å². The molecule has 0 amide bonds. The topological polar surface area (TPSA) is 68.0 Å². The molecule has 2 aromatic heterocycles. The smallest absolute Gasteiger partial charge is 0.313 e. The Balaban J connectivity index is 2.39. The molecule has 0 spiro atoms. The molecule has 2 aromatic rings. The van der Waals surface area contributed by atoms with Crippen LogP contribution in [0.15, 0.2) is 35.1 Å². The molecule has 0 aromatic carbocycles. The van der Waals surface area contributed by atoms with Gasteiger partial charge in [0.2, 0.25) is 0 Å². The van der Waals surface area contributed by atoms with Gasteiger partial charge in [-0.1, -0.05) is 23.4 Å². The van der Waals surface area contributed by atoms with Gasteiger partial charge in [0.1, 0.15) is 5.52 Å². The van der Waals surface area contributed by atoms with Gasteiger partial charge in [0.05, 0.1) is 5.75 Å². The number of aromatic nitrogens is 3. The number of allylic oxidation sites excluding steroid dienone is 2. The van der Waals surface area contributed by atoms with Gasteiger partial charge in [-0.2, -0.15) is 0 Å². The third kappa shape index (κ3) is 3.35. The van der Waals surface area contributed by atoms with Crippen molar-refractivity contribution in [2.75, 3.05) is 5.75 Å². The molecular formula is C13H15N3O2S. The average molecular weight is 277 g/mol. The fourth-order valence-corrected chi connectivity index (χ4v) is 2.34. The zero-order valence-corrected chi connectivity index (χ0v) is 11.6. The lowest BCUT2D eigenvalue weighted by Crippen LogP contribution is -2.03. The van der Waals surface area contributed by atoms with Gasteiger partial charge >= 0.3 is 5.97 Å². The van der Waals surface area contributed by atoms with Crippen molar-refractivity contribution >= 4 is 28.9 Å². The number of rotatable bonds is 5. The largest absolute Gasteiger partial charge is 0.481 e. The van der Waals surface area contributed by atoms with Crippen LogP contribution in [0.4, 0.5) is 0 Å². The lowest BCUT2D eigenvalue weighted by Gasteiger charge is -2.04. The molecule has 0 fully saturated rings. The van der Waals surface area contributed by atoms with Crippen LogP contribution in [0.5, 0.6) is 0 Å². The number of carbonyl (C=O) groups is 1. The summed E-state index contributed by atoms with van der Waals surface area (Å²) in [7, 11) is 0. The van der Waals surface area contributed by atoms with Crippen molar-refractivity contribution in [3.8, 4) is 0 Å². The second-order valence-corrected chi connectivity index (χ2v) is 5.26. The number of thioether (sulfide) groups is 1. The number of hydrogen-bond acceptors (Lipinski definition) is 4. The molecule has 0 atom stereocenters. The van der Waals surface area contributed by atoms with Gasteiger partial charge in [-0.25, -0.2) is 9.97 Å². The second kappa shape index (κ2) is 5.88. The predicted octanol–water partition coefficient (Wildman–Crippen LogP) is 2.57. The molecule has 100 valence electrons. The van der Waals surface area contributed by atoms with Gasteiger partial charge in [0.15, 0.2) is 10.8 Å². The maximum absolute atomic E-state index is 10.7. The maximum Gasteiger partial charge on any atom is 0.313 e. The molecule has 1 N–H and O–H groups in total. The summed E-state index contributed by atoms with van der Waals surface area (Å²) in [6.07, 6.45) is 3.79. The third-order valence-electron chi connectivity index (χ3n) is 2.48. The van der Waals surface area contributed by atoms with E-state index >= 15 is 0 Å². The average Bonchev–Trinajstić information content (AvgIpc) is 2.71. The summed E-state index contributed by atoms with van der Waals surface area (Å²) >= 11 is 1.22. The summed E-state index contributed by atoms with van der Waals surface area (Å²) in [6.45, 7) is 4.70. The standard InChI is InChI=1S/C13H15N3O2S/c1-9(2)5-7-16-12-10(4-3-6-14-12)15-13(16)19-8-11(17)18/h3-6H,7-8H2,1-2H3,(H,17,18). The Bertz CT molecular complexity index is 630. The summed E-state index contributed by atoms with van der Waals surface area (Å²) < 4.78 is 1.94. The Labute approximate surface area is 115 Å². The van der Waals surface area contributed by atoms with E-state index in [-0.39, 0.29) is 5.75 Å². The Morgan fingerprint density at radius 3 is 3.00 bits per heavy atom. The van der Waals surface area contributed by atoms with Crippen molar-refractivity contribution in [1.82, 2.24) is 14.5 Å². The van der Waals surface area contributed by atoms with Crippen molar-refractivity contribution in [2.24, 2.45) is 0 Å². The lowest BCUT2D eigenvalue weighted by atomic mass is 10.3. The predicted molar refractivity (Wildman–Crippen MR) is 75.3 cm³/mol. The minimum Gasteiger partial charge on any atom is -0.481 e. The molecule has 0 aliphatic heterocycles. The van der Waals surface area contributed by atoms with Crippen LogP contribution in [0.3, 0.4) is 0 Å². The Hall–Kier alpha value is -1.82. The van der Waals surface area contributed by atoms with E-state index in [2.05, 4.69) is 16.0 Å². The van der Waals surface area contributed by atoms with Crippen LogP contribution in [0.1, 0.15) is 13.8 Å². The first-order valence-electron chi connectivity index (χ1n) is 5.87. The highest BCUT2D eigenvalue weighted by Gasteiger charge is 2.12. The molecule has 0 radical (unpaired) electrons. The second-order valence-electron chi connectivity index (χ2n) is 4.32. The first kappa shape index (κ1) is 13.6. The van der Waals surface area contributed by atoms with E-state index in [1.54, 1.807) is 6.20 Å². The van der Waals surface area contributed by atoms with E-state index in [0.29, 0.717) is 11.7 Å². The summed E-state index contributed by atoms with van der Waals surface area (Å²) in [5.41, 5.74) is 2.78. The van der Waals surface area contributed by atoms with Crippen LogP contribution in [-0.2, 0) is 11.3 Å². The van der Waals surface area contributed by atoms with Crippen LogP contribution in [0.2, 0.25) is 0 Å². The Kier molecular flexibility index (Phi) is 4.21. The zero-order chi connectivity index (χ0) is 13.8. The first-order valence-corrected chi connectivity index (χ1v) is 6.85. The van der Waals surface area contributed by atoms with Crippen molar-refractivity contribution in [3.63, 3.8) is 0 Å². The van der Waals surface area contributed by atoms with Crippen LogP contribution in [0, 0.1) is 0 Å². The van der Waals surface area contributed by atoms with E-state index in [1.165, 1.54) is 17.3 Å². The monoisotopic (exact) mass is 277 g/mol. The number of aliphatic carboxylic acids is 1. The van der Waals surface area contributed by atoms with Crippen molar-refractivity contribution in [1.29, 1.82) is 0 Å². The summed E-state index contributed by atoms with van der Waals surface area (Å²) in [5.74, 6) is -0.850. The number of hydrogen-bond donors (Lipinski definition) is 1. The summed E-state index contributed by atoms with van der Waals surface area (Å²) in [5, 5.41) is 9.46. The molecular weight excluding hydrogens is 262 g/mol. The maximum atomic E-state index is 10.7. The minimum absolute atomic E-state index is 0.00184. The molecule has 0 saturated carbocycles. The minimum atomic E-state index is -0.848. The number of imidazole rings is 1. The highest BCUT2D eigenvalue weighted by Crippen LogP contribution is 2.22. The molecule has 0 unspecified atom stereocenters. The molecule has 2 rings (SSSR count). The zero-order valence-electron chi connectivity index (χ0n) is 10.8. The molecule has 0 aliphatic carbocycles. The summed E-state index contributed by atoms with van der Waals surface area (Å²) in [4.78, 5) is 19.4. The molecule has 19 heavy (non-hydrogen) atoms. The Morgan fingerprint density at radius 1 is 1.53 bits per heavy atom. The van der Waals surface area contributed by atoms with Gasteiger partial charge in [-0.05, 0) is 26.0 Å². The van der Waals surface area contributed by atoms with Gasteiger partial charge in [-0.15, -0.1) is 0 Å². The van der Waals surface area contributed by atoms with Crippen LogP contribution < -0.4 is 0 Å². The molecule has 0 saturated heterocycles. The normalized spacial score (nSPS) is 10.6. The third-order valence-corrected chi connectivity index (χ3v) is 3.44. The number of fused-ring (bicyclic) bond motifs is 1. The van der Waals surface area contributed by atoms with E-state index in [4.69, 9.17) is 5.11 Å². The molecule has 6 heteroatoms. The van der Waals surface area contributed by atoms with Crippen LogP contribution >= 0.6 is 11.8 Å². The highest BCUT2D eigenvalue weighted by atomic mass is 32.2. The van der Waals surface area contributed by atoms with Crippen molar-refractivity contribution in [3.05, 3.63) is 30.0 Å². The van der Waals surface area contributed by atoms with Crippen LogP contribution in [-0.4, -0.2) is 31.4 Å². The quantitative estimate of drug-likeness (QED) is 0.672. The first-order chi connectivity index (χ1) is 9.08. The van der Waals surface area contributed by atoms with Crippen LogP contribution in [0.25, 0.3) is 11.2 Å². The number of carboxylic acid groups (broad SMARTS) is 1. The number of pyridine rings is 1. The number of nitrogens with zero attached hydrogens (tertiary/aromatic N) is 3. The van der Waals surface area contributed by atoms with Crippen molar-refractivity contribution in [2.45, 2.75) is 25.5 Å². The molecule has 5 nitrogen and oxygen atoms in total. The van der Waals surface area contributed by atoms with Gasteiger partial charge in [0, 0.05) is 12.7 Å². The van der Waals surface area contributed by atoms with Crippen molar-refractivity contribution < 1.29 is 9.90 Å². The molecule has 2 heterocycles. The fourth-order valence-electron chi connectivity index (χ4n) is 1.61. The van der Waals surface area contributed by atoms with E-state index in [1.807, 2.05) is 30.5 Å². The Morgan fingerprint density at radius 2 is 2.32 bits per heavy atom. The SMILES string of the molecule is CC(C)=CCn1c(SCC(=O)O)nc2cccnc21. The van der Waals surface area contributed by atoms with Gasteiger partial charge < -0.3 is 5.11 Å². The fraction of sp³-hybridized carbons (Fsp3) is 0.308. The molecule has 0 bridgehead atoms. The van der Waals surface area contributed by atoms with Gasteiger partial charge in [0.25, 0.3) is 0 Å². The van der Waals surface area contributed by atoms with E-state index in [0.717, 1.165) is 11.2 Å². The lowest BCUT2D eigenvalue weighted by molar-refractivity contribution is -0.133. The van der Waals surface area contributed by atoms with E-state index in [9.17, 15) is 4.79 Å².